The molecule has 3 rings (SSSR count). The van der Waals surface area contributed by atoms with Crippen LogP contribution in [0, 0.1) is 12.7 Å². The number of halogens is 1. The van der Waals surface area contributed by atoms with Crippen LogP contribution in [0.5, 0.6) is 0 Å². The quantitative estimate of drug-likeness (QED) is 0.789. The van der Waals surface area contributed by atoms with E-state index < -0.39 is 0 Å². The Hall–Kier alpha value is -2.50. The zero-order chi connectivity index (χ0) is 20.3. The number of hydrogen-bond acceptors (Lipinski definition) is 4. The highest BCUT2D eigenvalue weighted by Crippen LogP contribution is 2.28. The Morgan fingerprint density at radius 2 is 1.86 bits per heavy atom. The van der Waals surface area contributed by atoms with Crippen molar-refractivity contribution in [3.05, 3.63) is 52.7 Å². The van der Waals surface area contributed by atoms with Crippen molar-refractivity contribution in [3.8, 4) is 0 Å². The first-order chi connectivity index (χ1) is 13.4. The van der Waals surface area contributed by atoms with E-state index in [9.17, 15) is 9.18 Å². The molecule has 1 fully saturated rings. The van der Waals surface area contributed by atoms with Crippen LogP contribution in [0.15, 0.2) is 24.3 Å². The molecule has 2 heterocycles. The van der Waals surface area contributed by atoms with Crippen LogP contribution in [0.2, 0.25) is 0 Å². The van der Waals surface area contributed by atoms with Crippen LogP contribution < -0.4 is 4.90 Å². The second-order valence-electron chi connectivity index (χ2n) is 7.54. The summed E-state index contributed by atoms with van der Waals surface area (Å²) in [6.07, 6.45) is 1.42. The molecule has 1 aromatic carbocycles. The predicted octanol–water partition coefficient (Wildman–Crippen LogP) is 3.70. The summed E-state index contributed by atoms with van der Waals surface area (Å²) in [6, 6.07) is 6.86. The Balaban J connectivity index is 1.98. The van der Waals surface area contributed by atoms with E-state index in [0.717, 1.165) is 42.4 Å². The monoisotopic (exact) mass is 384 g/mol. The first-order valence-electron chi connectivity index (χ1n) is 10.0. The maximum Gasteiger partial charge on any atom is 0.219 e. The second-order valence-corrected chi connectivity index (χ2v) is 7.54. The predicted molar refractivity (Wildman–Crippen MR) is 109 cm³/mol. The Morgan fingerprint density at radius 3 is 2.46 bits per heavy atom. The molecule has 6 heteroatoms. The normalized spacial score (nSPS) is 15.6. The van der Waals surface area contributed by atoms with E-state index >= 15 is 0 Å². The van der Waals surface area contributed by atoms with E-state index in [0.29, 0.717) is 25.1 Å². The molecule has 0 aliphatic carbocycles. The highest BCUT2D eigenvalue weighted by molar-refractivity contribution is 5.73. The standard InChI is InChI=1S/C22H29FN4O/c1-5-15(2)21-24-16(3)19(14-18-8-6-7-9-20(18)23)22(25-21)27-12-10-26(11-13-27)17(4)28/h6-9,15H,5,10-14H2,1-4H3/t15-/m1/s1. The smallest absolute Gasteiger partial charge is 0.219 e. The highest BCUT2D eigenvalue weighted by Gasteiger charge is 2.25. The molecule has 0 N–H and O–H groups in total. The fourth-order valence-electron chi connectivity index (χ4n) is 3.54. The van der Waals surface area contributed by atoms with Crippen molar-refractivity contribution < 1.29 is 9.18 Å². The van der Waals surface area contributed by atoms with E-state index in [2.05, 4.69) is 18.7 Å². The summed E-state index contributed by atoms with van der Waals surface area (Å²) in [6.45, 7) is 10.6. The van der Waals surface area contributed by atoms with Crippen LogP contribution in [0.4, 0.5) is 10.2 Å². The minimum Gasteiger partial charge on any atom is -0.353 e. The van der Waals surface area contributed by atoms with Gasteiger partial charge in [0.15, 0.2) is 0 Å². The number of rotatable bonds is 5. The molecule has 0 radical (unpaired) electrons. The van der Waals surface area contributed by atoms with Gasteiger partial charge in [0.1, 0.15) is 17.5 Å². The minimum absolute atomic E-state index is 0.102. The van der Waals surface area contributed by atoms with Gasteiger partial charge in [-0.25, -0.2) is 14.4 Å². The summed E-state index contributed by atoms with van der Waals surface area (Å²) in [4.78, 5) is 25.4. The average molecular weight is 384 g/mol. The molecule has 1 aromatic heterocycles. The van der Waals surface area contributed by atoms with E-state index in [4.69, 9.17) is 9.97 Å². The Bertz CT molecular complexity index is 846. The largest absolute Gasteiger partial charge is 0.353 e. The van der Waals surface area contributed by atoms with E-state index in [-0.39, 0.29) is 17.6 Å². The van der Waals surface area contributed by atoms with Crippen molar-refractivity contribution in [2.75, 3.05) is 31.1 Å². The summed E-state index contributed by atoms with van der Waals surface area (Å²) in [7, 11) is 0. The fourth-order valence-corrected chi connectivity index (χ4v) is 3.54. The van der Waals surface area contributed by atoms with E-state index in [1.165, 1.54) is 6.07 Å². The van der Waals surface area contributed by atoms with Gasteiger partial charge in [-0.15, -0.1) is 0 Å². The van der Waals surface area contributed by atoms with Crippen molar-refractivity contribution in [1.82, 2.24) is 14.9 Å². The van der Waals surface area contributed by atoms with Crippen LogP contribution in [0.3, 0.4) is 0 Å². The van der Waals surface area contributed by atoms with Crippen LogP contribution >= 0.6 is 0 Å². The molecule has 1 atom stereocenters. The van der Waals surface area contributed by atoms with Crippen molar-refractivity contribution in [1.29, 1.82) is 0 Å². The first kappa shape index (κ1) is 20.2. The fraction of sp³-hybridized carbons (Fsp3) is 0.500. The van der Waals surface area contributed by atoms with Gasteiger partial charge in [-0.2, -0.15) is 0 Å². The Morgan fingerprint density at radius 1 is 1.18 bits per heavy atom. The lowest BCUT2D eigenvalue weighted by Gasteiger charge is -2.36. The van der Waals surface area contributed by atoms with Gasteiger partial charge in [0, 0.05) is 56.7 Å². The Labute approximate surface area is 166 Å². The van der Waals surface area contributed by atoms with Crippen LogP contribution in [-0.2, 0) is 11.2 Å². The van der Waals surface area contributed by atoms with Gasteiger partial charge in [0.05, 0.1) is 0 Å². The average Bonchev–Trinajstić information content (AvgIpc) is 2.70. The highest BCUT2D eigenvalue weighted by atomic mass is 19.1. The van der Waals surface area contributed by atoms with Gasteiger partial charge in [-0.3, -0.25) is 4.79 Å². The minimum atomic E-state index is -0.208. The lowest BCUT2D eigenvalue weighted by atomic mass is 10.0. The topological polar surface area (TPSA) is 49.3 Å². The third kappa shape index (κ3) is 4.32. The van der Waals surface area contributed by atoms with Gasteiger partial charge < -0.3 is 9.80 Å². The van der Waals surface area contributed by atoms with Gasteiger partial charge in [0.25, 0.3) is 0 Å². The van der Waals surface area contributed by atoms with Crippen LogP contribution in [0.25, 0.3) is 0 Å². The summed E-state index contributed by atoms with van der Waals surface area (Å²) in [5.41, 5.74) is 2.51. The molecule has 150 valence electrons. The molecule has 0 bridgehead atoms. The molecule has 0 spiro atoms. The number of benzene rings is 1. The number of aromatic nitrogens is 2. The number of nitrogens with zero attached hydrogens (tertiary/aromatic N) is 4. The number of carbonyl (C=O) groups excluding carboxylic acids is 1. The van der Waals surface area contributed by atoms with Crippen molar-refractivity contribution in [2.45, 2.75) is 46.5 Å². The maximum absolute atomic E-state index is 14.3. The van der Waals surface area contributed by atoms with Crippen LogP contribution in [-0.4, -0.2) is 47.0 Å². The van der Waals surface area contributed by atoms with Gasteiger partial charge in [-0.05, 0) is 25.0 Å². The van der Waals surface area contributed by atoms with Gasteiger partial charge in [-0.1, -0.05) is 32.0 Å². The number of aryl methyl sites for hydroxylation is 1. The number of amides is 1. The van der Waals surface area contributed by atoms with Gasteiger partial charge >= 0.3 is 0 Å². The molecular weight excluding hydrogens is 355 g/mol. The van der Waals surface area contributed by atoms with Crippen molar-refractivity contribution in [2.24, 2.45) is 0 Å². The maximum atomic E-state index is 14.3. The summed E-state index contributed by atoms with van der Waals surface area (Å²) >= 11 is 0. The molecule has 28 heavy (non-hydrogen) atoms. The van der Waals surface area contributed by atoms with Crippen molar-refractivity contribution in [3.63, 3.8) is 0 Å². The Kier molecular flexibility index (Phi) is 6.27. The molecular formula is C22H29FN4O. The molecule has 1 aliphatic rings. The molecule has 2 aromatic rings. The lowest BCUT2D eigenvalue weighted by Crippen LogP contribution is -2.48. The first-order valence-corrected chi connectivity index (χ1v) is 10.0. The van der Waals surface area contributed by atoms with Crippen molar-refractivity contribution >= 4 is 11.7 Å². The molecule has 1 aliphatic heterocycles. The molecule has 1 saturated heterocycles. The van der Waals surface area contributed by atoms with E-state index in [1.54, 1.807) is 13.0 Å². The summed E-state index contributed by atoms with van der Waals surface area (Å²) in [5.74, 6) is 1.87. The summed E-state index contributed by atoms with van der Waals surface area (Å²) < 4.78 is 14.3. The molecule has 0 saturated carbocycles. The lowest BCUT2D eigenvalue weighted by molar-refractivity contribution is -0.129. The number of carbonyl (C=O) groups is 1. The third-order valence-corrected chi connectivity index (χ3v) is 5.61. The molecule has 1 amide bonds. The summed E-state index contributed by atoms with van der Waals surface area (Å²) in [5, 5.41) is 0. The van der Waals surface area contributed by atoms with Gasteiger partial charge in [0.2, 0.25) is 5.91 Å². The molecule has 5 nitrogen and oxygen atoms in total. The second kappa shape index (κ2) is 8.67. The SMILES string of the molecule is CC[C@@H](C)c1nc(C)c(Cc2ccccc2F)c(N2CCN(C(C)=O)CC2)n1. The zero-order valence-electron chi connectivity index (χ0n) is 17.2. The van der Waals surface area contributed by atoms with E-state index in [1.807, 2.05) is 24.0 Å². The number of anilines is 1. The number of hydrogen-bond donors (Lipinski definition) is 0. The van der Waals surface area contributed by atoms with Crippen LogP contribution in [0.1, 0.15) is 55.8 Å². The number of piperazine rings is 1. The zero-order valence-corrected chi connectivity index (χ0v) is 17.2. The third-order valence-electron chi connectivity index (χ3n) is 5.61. The molecule has 0 unspecified atom stereocenters.